The number of hydrogen-bond acceptors (Lipinski definition) is 5. The molecule has 1 aromatic carbocycles. The maximum atomic E-state index is 5.56. The van der Waals surface area contributed by atoms with E-state index in [2.05, 4.69) is 40.4 Å². The number of aromatic nitrogens is 2. The standard InChI is InChI=1S/C21H29N3O2/c1-25-14-7-3-6-12-20-22-21(23-26-20)17-15-19(16-9-4-2-5-10-16)24-13-8-11-18(17)24/h2,4-5,9-10,17-19H,3,6-8,11-15H2,1H3/t17-,18+,19-/m0/s1. The van der Waals surface area contributed by atoms with Crippen molar-refractivity contribution in [1.82, 2.24) is 15.0 Å². The Bertz CT molecular complexity index is 688. The maximum Gasteiger partial charge on any atom is 0.226 e. The molecule has 140 valence electrons. The van der Waals surface area contributed by atoms with Gasteiger partial charge in [-0.1, -0.05) is 41.9 Å². The Hall–Kier alpha value is -1.72. The van der Waals surface area contributed by atoms with Crippen molar-refractivity contribution in [2.75, 3.05) is 20.3 Å². The molecule has 1 aromatic heterocycles. The highest BCUT2D eigenvalue weighted by atomic mass is 16.5. The van der Waals surface area contributed by atoms with Gasteiger partial charge in [-0.2, -0.15) is 4.98 Å². The number of hydrogen-bond donors (Lipinski definition) is 0. The second-order valence-corrected chi connectivity index (χ2v) is 7.57. The van der Waals surface area contributed by atoms with Crippen LogP contribution in [0.1, 0.15) is 67.8 Å². The Labute approximate surface area is 155 Å². The van der Waals surface area contributed by atoms with Gasteiger partial charge >= 0.3 is 0 Å². The van der Waals surface area contributed by atoms with E-state index in [1.54, 1.807) is 7.11 Å². The lowest BCUT2D eigenvalue weighted by atomic mass is 9.94. The summed E-state index contributed by atoms with van der Waals surface area (Å²) >= 11 is 0. The summed E-state index contributed by atoms with van der Waals surface area (Å²) < 4.78 is 10.7. The molecule has 2 aromatic rings. The van der Waals surface area contributed by atoms with Crippen LogP contribution in [0, 0.1) is 0 Å². The highest BCUT2D eigenvalue weighted by Gasteiger charge is 2.46. The zero-order chi connectivity index (χ0) is 17.8. The second-order valence-electron chi connectivity index (χ2n) is 7.57. The summed E-state index contributed by atoms with van der Waals surface area (Å²) in [4.78, 5) is 7.43. The molecule has 5 heteroatoms. The molecule has 2 fully saturated rings. The number of fused-ring (bicyclic) bond motifs is 1. The van der Waals surface area contributed by atoms with Gasteiger partial charge in [0.15, 0.2) is 5.82 Å². The van der Waals surface area contributed by atoms with Crippen molar-refractivity contribution in [2.45, 2.75) is 62.9 Å². The van der Waals surface area contributed by atoms with E-state index in [-0.39, 0.29) is 0 Å². The average molecular weight is 355 g/mol. The topological polar surface area (TPSA) is 51.4 Å². The van der Waals surface area contributed by atoms with Gasteiger partial charge in [-0.25, -0.2) is 0 Å². The first kappa shape index (κ1) is 17.7. The van der Waals surface area contributed by atoms with E-state index in [4.69, 9.17) is 14.2 Å². The summed E-state index contributed by atoms with van der Waals surface area (Å²) in [7, 11) is 1.75. The van der Waals surface area contributed by atoms with Crippen LogP contribution in [0.15, 0.2) is 34.9 Å². The molecule has 0 radical (unpaired) electrons. The minimum absolute atomic E-state index is 0.397. The lowest BCUT2D eigenvalue weighted by Crippen LogP contribution is -2.27. The van der Waals surface area contributed by atoms with Gasteiger partial charge in [0.2, 0.25) is 5.89 Å². The van der Waals surface area contributed by atoms with Gasteiger partial charge in [-0.3, -0.25) is 4.90 Å². The van der Waals surface area contributed by atoms with E-state index in [9.17, 15) is 0 Å². The third kappa shape index (κ3) is 3.69. The van der Waals surface area contributed by atoms with Crippen LogP contribution in [0.5, 0.6) is 0 Å². The highest BCUT2D eigenvalue weighted by molar-refractivity contribution is 5.24. The molecule has 4 rings (SSSR count). The molecule has 2 aliphatic rings. The summed E-state index contributed by atoms with van der Waals surface area (Å²) in [5.74, 6) is 2.12. The Morgan fingerprint density at radius 1 is 1.19 bits per heavy atom. The molecule has 0 amide bonds. The quantitative estimate of drug-likeness (QED) is 0.667. The van der Waals surface area contributed by atoms with Gasteiger partial charge in [0, 0.05) is 38.1 Å². The van der Waals surface area contributed by atoms with Crippen molar-refractivity contribution in [3.05, 3.63) is 47.6 Å². The number of ether oxygens (including phenoxy) is 1. The molecule has 26 heavy (non-hydrogen) atoms. The Balaban J connectivity index is 1.41. The Morgan fingerprint density at radius 3 is 2.92 bits per heavy atom. The van der Waals surface area contributed by atoms with Crippen LogP contribution in [0.25, 0.3) is 0 Å². The number of aryl methyl sites for hydroxylation is 1. The summed E-state index contributed by atoms with van der Waals surface area (Å²) in [5.41, 5.74) is 1.42. The van der Waals surface area contributed by atoms with Crippen LogP contribution in [-0.4, -0.2) is 41.3 Å². The van der Waals surface area contributed by atoms with Crippen LogP contribution < -0.4 is 0 Å². The van der Waals surface area contributed by atoms with Gasteiger partial charge in [-0.05, 0) is 44.2 Å². The van der Waals surface area contributed by atoms with E-state index in [1.807, 2.05) is 0 Å². The largest absolute Gasteiger partial charge is 0.385 e. The van der Waals surface area contributed by atoms with E-state index in [1.165, 1.54) is 24.9 Å². The molecule has 0 saturated carbocycles. The van der Waals surface area contributed by atoms with Crippen LogP contribution in [-0.2, 0) is 11.2 Å². The van der Waals surface area contributed by atoms with Gasteiger partial charge in [0.1, 0.15) is 0 Å². The molecular formula is C21H29N3O2. The minimum Gasteiger partial charge on any atom is -0.385 e. The molecule has 0 aliphatic carbocycles. The molecule has 0 bridgehead atoms. The molecule has 0 N–H and O–H groups in total. The zero-order valence-electron chi connectivity index (χ0n) is 15.6. The number of nitrogens with zero attached hydrogens (tertiary/aromatic N) is 3. The molecule has 3 heterocycles. The van der Waals surface area contributed by atoms with E-state index < -0.39 is 0 Å². The fourth-order valence-corrected chi connectivity index (χ4v) is 4.67. The third-order valence-corrected chi connectivity index (χ3v) is 5.92. The van der Waals surface area contributed by atoms with Gasteiger partial charge in [-0.15, -0.1) is 0 Å². The molecule has 0 spiro atoms. The normalized spacial score (nSPS) is 25.7. The van der Waals surface area contributed by atoms with E-state index in [0.29, 0.717) is 18.0 Å². The number of unbranched alkanes of at least 4 members (excludes halogenated alkanes) is 2. The fraction of sp³-hybridized carbons (Fsp3) is 0.619. The number of benzene rings is 1. The van der Waals surface area contributed by atoms with Crippen molar-refractivity contribution in [3.63, 3.8) is 0 Å². The minimum atomic E-state index is 0.397. The first-order valence-electron chi connectivity index (χ1n) is 9.99. The molecule has 2 saturated heterocycles. The number of rotatable bonds is 8. The van der Waals surface area contributed by atoms with Gasteiger partial charge in [0.25, 0.3) is 0 Å². The molecule has 3 atom stereocenters. The lowest BCUT2D eigenvalue weighted by Gasteiger charge is -2.24. The first-order chi connectivity index (χ1) is 12.9. The molecule has 5 nitrogen and oxygen atoms in total. The Morgan fingerprint density at radius 2 is 2.08 bits per heavy atom. The van der Waals surface area contributed by atoms with Gasteiger partial charge in [0.05, 0.1) is 0 Å². The van der Waals surface area contributed by atoms with Crippen molar-refractivity contribution in [3.8, 4) is 0 Å². The van der Waals surface area contributed by atoms with Gasteiger partial charge < -0.3 is 9.26 Å². The lowest BCUT2D eigenvalue weighted by molar-refractivity contribution is 0.192. The summed E-state index contributed by atoms with van der Waals surface area (Å²) in [6.07, 6.45) is 7.81. The van der Waals surface area contributed by atoms with Crippen LogP contribution in [0.3, 0.4) is 0 Å². The molecule has 2 aliphatic heterocycles. The number of methoxy groups -OCH3 is 1. The van der Waals surface area contributed by atoms with Crippen LogP contribution in [0.2, 0.25) is 0 Å². The first-order valence-corrected chi connectivity index (χ1v) is 9.99. The van der Waals surface area contributed by atoms with Crippen LogP contribution >= 0.6 is 0 Å². The van der Waals surface area contributed by atoms with E-state index >= 15 is 0 Å². The van der Waals surface area contributed by atoms with E-state index in [0.717, 1.165) is 50.4 Å². The third-order valence-electron chi connectivity index (χ3n) is 5.92. The van der Waals surface area contributed by atoms with Crippen molar-refractivity contribution in [1.29, 1.82) is 0 Å². The SMILES string of the molecule is COCCCCCc1nc([C@H]2C[C@@H](c3ccccc3)N3CCC[C@H]23)no1. The summed E-state index contributed by atoms with van der Waals surface area (Å²) in [6.45, 7) is 2.01. The Kier molecular flexibility index (Phi) is 5.65. The maximum absolute atomic E-state index is 5.56. The predicted octanol–water partition coefficient (Wildman–Crippen LogP) is 4.12. The average Bonchev–Trinajstić information content (AvgIpc) is 3.38. The second kappa shape index (κ2) is 8.31. The highest BCUT2D eigenvalue weighted by Crippen LogP contribution is 2.48. The zero-order valence-corrected chi connectivity index (χ0v) is 15.6. The van der Waals surface area contributed by atoms with Crippen molar-refractivity contribution < 1.29 is 9.26 Å². The van der Waals surface area contributed by atoms with Crippen molar-refractivity contribution in [2.24, 2.45) is 0 Å². The molecular weight excluding hydrogens is 326 g/mol. The predicted molar refractivity (Wildman–Crippen MR) is 100.0 cm³/mol. The summed E-state index contributed by atoms with van der Waals surface area (Å²) in [5, 5.41) is 4.36. The van der Waals surface area contributed by atoms with Crippen molar-refractivity contribution >= 4 is 0 Å². The summed E-state index contributed by atoms with van der Waals surface area (Å²) in [6, 6.07) is 11.9. The van der Waals surface area contributed by atoms with Crippen LogP contribution in [0.4, 0.5) is 0 Å². The fourth-order valence-electron chi connectivity index (χ4n) is 4.67. The smallest absolute Gasteiger partial charge is 0.226 e. The monoisotopic (exact) mass is 355 g/mol. The molecule has 0 unspecified atom stereocenters.